The van der Waals surface area contributed by atoms with Crippen LogP contribution in [0.2, 0.25) is 0 Å². The average molecular weight is 308 g/mol. The Hall–Kier alpha value is -0.870. The van der Waals surface area contributed by atoms with Crippen LogP contribution in [0.5, 0.6) is 0 Å². The van der Waals surface area contributed by atoms with Gasteiger partial charge in [-0.15, -0.1) is 0 Å². The Morgan fingerprint density at radius 2 is 1.52 bits per heavy atom. The molecule has 2 atom stereocenters. The van der Waals surface area contributed by atoms with Crippen LogP contribution < -0.4 is 0 Å². The molecule has 0 aromatic heterocycles. The summed E-state index contributed by atoms with van der Waals surface area (Å²) in [7, 11) is -3.68. The Balaban J connectivity index is 1.90. The first-order chi connectivity index (χ1) is 9.75. The maximum absolute atomic E-state index is 12.6. The summed E-state index contributed by atoms with van der Waals surface area (Å²) in [6.07, 6.45) is 5.25. The molecule has 0 aliphatic heterocycles. The number of benzene rings is 1. The molecular weight excluding hydrogens is 284 g/mol. The third kappa shape index (κ3) is 2.53. The second-order valence-electron chi connectivity index (χ2n) is 7.41. The van der Waals surface area contributed by atoms with Gasteiger partial charge in [0.15, 0.2) is 0 Å². The summed E-state index contributed by atoms with van der Waals surface area (Å²) in [4.78, 5) is 0.269. The topological polar surface area (TPSA) is 43.4 Å². The van der Waals surface area contributed by atoms with Crippen molar-refractivity contribution in [2.75, 3.05) is 0 Å². The summed E-state index contributed by atoms with van der Waals surface area (Å²) < 4.78 is 31.0. The maximum atomic E-state index is 12.6. The lowest BCUT2D eigenvalue weighted by Gasteiger charge is -2.43. The molecule has 4 heteroatoms. The molecule has 2 aliphatic carbocycles. The van der Waals surface area contributed by atoms with Crippen LogP contribution in [0.3, 0.4) is 0 Å². The highest BCUT2D eigenvalue weighted by atomic mass is 32.2. The molecule has 21 heavy (non-hydrogen) atoms. The quantitative estimate of drug-likeness (QED) is 0.791. The maximum Gasteiger partial charge on any atom is 0.297 e. The highest BCUT2D eigenvalue weighted by Gasteiger charge is 2.56. The molecule has 0 saturated heterocycles. The SMILES string of the molecule is Cc1ccc(S(=O)(=O)OC2C3(C)CCCC2(C)CC3)cc1. The van der Waals surface area contributed by atoms with Crippen molar-refractivity contribution in [3.63, 3.8) is 0 Å². The van der Waals surface area contributed by atoms with Crippen molar-refractivity contribution in [2.24, 2.45) is 10.8 Å². The van der Waals surface area contributed by atoms with Gasteiger partial charge in [0.25, 0.3) is 10.1 Å². The van der Waals surface area contributed by atoms with Gasteiger partial charge in [0.1, 0.15) is 0 Å². The van der Waals surface area contributed by atoms with E-state index in [2.05, 4.69) is 13.8 Å². The molecular formula is C17H24O3S. The van der Waals surface area contributed by atoms with E-state index >= 15 is 0 Å². The number of aryl methyl sites for hydroxylation is 1. The molecule has 2 aliphatic rings. The normalized spacial score (nSPS) is 35.9. The van der Waals surface area contributed by atoms with Crippen molar-refractivity contribution < 1.29 is 12.6 Å². The summed E-state index contributed by atoms with van der Waals surface area (Å²) in [5, 5.41) is 0. The van der Waals surface area contributed by atoms with Crippen LogP contribution in [-0.4, -0.2) is 14.5 Å². The van der Waals surface area contributed by atoms with E-state index in [9.17, 15) is 8.42 Å². The van der Waals surface area contributed by atoms with E-state index < -0.39 is 10.1 Å². The highest BCUT2D eigenvalue weighted by molar-refractivity contribution is 7.86. The van der Waals surface area contributed by atoms with E-state index in [1.807, 2.05) is 19.1 Å². The second kappa shape index (κ2) is 4.82. The first kappa shape index (κ1) is 15.0. The van der Waals surface area contributed by atoms with Crippen molar-refractivity contribution in [1.82, 2.24) is 0 Å². The molecule has 1 aromatic carbocycles. The van der Waals surface area contributed by atoms with Gasteiger partial charge in [-0.1, -0.05) is 38.0 Å². The molecule has 3 rings (SSSR count). The van der Waals surface area contributed by atoms with Crippen LogP contribution in [0.25, 0.3) is 0 Å². The Bertz CT molecular complexity index is 617. The molecule has 2 bridgehead atoms. The average Bonchev–Trinajstić information content (AvgIpc) is 2.57. The lowest BCUT2D eigenvalue weighted by atomic mass is 9.68. The van der Waals surface area contributed by atoms with Gasteiger partial charge in [0.2, 0.25) is 0 Å². The highest BCUT2D eigenvalue weighted by Crippen LogP contribution is 2.59. The van der Waals surface area contributed by atoms with Crippen LogP contribution in [0.4, 0.5) is 0 Å². The minimum atomic E-state index is -3.68. The molecule has 2 fully saturated rings. The van der Waals surface area contributed by atoms with Crippen LogP contribution in [0.1, 0.15) is 51.5 Å². The fourth-order valence-electron chi connectivity index (χ4n) is 4.20. The van der Waals surface area contributed by atoms with Crippen molar-refractivity contribution in [1.29, 1.82) is 0 Å². The number of hydrogen-bond acceptors (Lipinski definition) is 3. The fourth-order valence-corrected chi connectivity index (χ4v) is 5.50. The van der Waals surface area contributed by atoms with Gasteiger partial charge in [-0.25, -0.2) is 0 Å². The lowest BCUT2D eigenvalue weighted by Crippen LogP contribution is -2.44. The predicted molar refractivity (Wildman–Crippen MR) is 82.5 cm³/mol. The number of fused-ring (bicyclic) bond motifs is 2. The molecule has 2 saturated carbocycles. The predicted octanol–water partition coefficient (Wildman–Crippen LogP) is 4.06. The summed E-state index contributed by atoms with van der Waals surface area (Å²) in [5.41, 5.74) is 1.06. The van der Waals surface area contributed by atoms with Gasteiger partial charge in [-0.2, -0.15) is 8.42 Å². The summed E-state index contributed by atoms with van der Waals surface area (Å²) >= 11 is 0. The standard InChI is InChI=1S/C17H24O3S/c1-13-5-7-14(8-6-13)21(18,19)20-15-16(2)9-4-10-17(15,3)12-11-16/h5-8,15H,4,9-12H2,1-3H3. The summed E-state index contributed by atoms with van der Waals surface area (Å²) in [6.45, 7) is 6.32. The van der Waals surface area contributed by atoms with E-state index in [0.717, 1.165) is 31.2 Å². The van der Waals surface area contributed by atoms with Gasteiger partial charge in [0.05, 0.1) is 11.0 Å². The minimum Gasteiger partial charge on any atom is -0.262 e. The zero-order valence-electron chi connectivity index (χ0n) is 13.1. The Morgan fingerprint density at radius 3 is 2.05 bits per heavy atom. The largest absolute Gasteiger partial charge is 0.297 e. The van der Waals surface area contributed by atoms with E-state index in [1.54, 1.807) is 12.1 Å². The van der Waals surface area contributed by atoms with Crippen molar-refractivity contribution in [2.45, 2.75) is 63.9 Å². The molecule has 2 unspecified atom stereocenters. The van der Waals surface area contributed by atoms with Crippen LogP contribution in [-0.2, 0) is 14.3 Å². The minimum absolute atomic E-state index is 0.00473. The zero-order chi connectivity index (χ0) is 15.3. The van der Waals surface area contributed by atoms with Crippen molar-refractivity contribution in [3.05, 3.63) is 29.8 Å². The van der Waals surface area contributed by atoms with E-state index in [-0.39, 0.29) is 21.8 Å². The third-order valence-electron chi connectivity index (χ3n) is 5.56. The monoisotopic (exact) mass is 308 g/mol. The molecule has 1 aromatic rings. The zero-order valence-corrected chi connectivity index (χ0v) is 13.9. The lowest BCUT2D eigenvalue weighted by molar-refractivity contribution is -0.0185. The van der Waals surface area contributed by atoms with E-state index in [0.29, 0.717) is 0 Å². The van der Waals surface area contributed by atoms with Crippen molar-refractivity contribution >= 4 is 10.1 Å². The summed E-state index contributed by atoms with van der Waals surface area (Å²) in [6, 6.07) is 6.91. The van der Waals surface area contributed by atoms with Gasteiger partial charge in [-0.3, -0.25) is 4.18 Å². The molecule has 0 radical (unpaired) electrons. The van der Waals surface area contributed by atoms with Gasteiger partial charge in [-0.05, 0) is 55.6 Å². The number of rotatable bonds is 3. The van der Waals surface area contributed by atoms with Crippen LogP contribution >= 0.6 is 0 Å². The fraction of sp³-hybridized carbons (Fsp3) is 0.647. The van der Waals surface area contributed by atoms with Gasteiger partial charge >= 0.3 is 0 Å². The molecule has 0 spiro atoms. The molecule has 116 valence electrons. The second-order valence-corrected chi connectivity index (χ2v) is 8.98. The van der Waals surface area contributed by atoms with Gasteiger partial charge < -0.3 is 0 Å². The first-order valence-corrected chi connectivity index (χ1v) is 9.16. The van der Waals surface area contributed by atoms with E-state index in [4.69, 9.17) is 4.18 Å². The Morgan fingerprint density at radius 1 is 1.00 bits per heavy atom. The van der Waals surface area contributed by atoms with Gasteiger partial charge in [0, 0.05) is 0 Å². The van der Waals surface area contributed by atoms with Crippen LogP contribution in [0.15, 0.2) is 29.2 Å². The first-order valence-electron chi connectivity index (χ1n) is 7.75. The molecule has 3 nitrogen and oxygen atoms in total. The Labute approximate surface area is 127 Å². The smallest absolute Gasteiger partial charge is 0.262 e. The number of hydrogen-bond donors (Lipinski definition) is 0. The molecule has 0 heterocycles. The van der Waals surface area contributed by atoms with Crippen LogP contribution in [0, 0.1) is 17.8 Å². The van der Waals surface area contributed by atoms with Crippen molar-refractivity contribution in [3.8, 4) is 0 Å². The molecule has 0 N–H and O–H groups in total. The third-order valence-corrected chi connectivity index (χ3v) is 6.86. The molecule has 0 amide bonds. The summed E-state index contributed by atoms with van der Waals surface area (Å²) in [5.74, 6) is 0. The Kier molecular flexibility index (Phi) is 3.45. The van der Waals surface area contributed by atoms with E-state index in [1.165, 1.54) is 6.42 Å².